The van der Waals surface area contributed by atoms with Crippen molar-refractivity contribution in [2.45, 2.75) is 43.9 Å². The highest BCUT2D eigenvalue weighted by atomic mass is 32.2. The summed E-state index contributed by atoms with van der Waals surface area (Å²) in [4.78, 5) is 6.59. The van der Waals surface area contributed by atoms with E-state index in [1.165, 1.54) is 6.20 Å². The van der Waals surface area contributed by atoms with Crippen molar-refractivity contribution in [3.05, 3.63) is 12.0 Å². The summed E-state index contributed by atoms with van der Waals surface area (Å²) in [6.07, 6.45) is 2.99. The number of H-pyrrole nitrogens is 1. The summed E-state index contributed by atoms with van der Waals surface area (Å²) >= 11 is 0. The molecule has 1 aliphatic rings. The molecule has 0 unspecified atom stereocenters. The molecule has 1 saturated carbocycles. The smallest absolute Gasteiger partial charge is 0.257 e. The second kappa shape index (κ2) is 4.75. The van der Waals surface area contributed by atoms with Gasteiger partial charge >= 0.3 is 0 Å². The van der Waals surface area contributed by atoms with Crippen LogP contribution in [0.2, 0.25) is 0 Å². The third kappa shape index (κ3) is 2.85. The first-order valence-corrected chi connectivity index (χ1v) is 7.15. The Labute approximate surface area is 101 Å². The van der Waals surface area contributed by atoms with Gasteiger partial charge in [0, 0.05) is 12.6 Å². The van der Waals surface area contributed by atoms with E-state index < -0.39 is 10.0 Å². The Hall–Kier alpha value is -0.920. The van der Waals surface area contributed by atoms with Crippen molar-refractivity contribution in [2.75, 3.05) is 6.61 Å². The minimum atomic E-state index is -3.46. The largest absolute Gasteiger partial charge is 0.378 e. The lowest BCUT2D eigenvalue weighted by atomic mass is 9.90. The summed E-state index contributed by atoms with van der Waals surface area (Å²) in [6.45, 7) is 4.32. The normalized spacial score (nSPS) is 24.6. The van der Waals surface area contributed by atoms with Crippen LogP contribution in [0.1, 0.15) is 25.6 Å². The van der Waals surface area contributed by atoms with Crippen LogP contribution in [0.5, 0.6) is 0 Å². The third-order valence-electron chi connectivity index (χ3n) is 2.79. The highest BCUT2D eigenvalue weighted by Crippen LogP contribution is 2.24. The molecule has 1 aromatic heterocycles. The fourth-order valence-electron chi connectivity index (χ4n) is 1.85. The van der Waals surface area contributed by atoms with Crippen LogP contribution in [0.3, 0.4) is 0 Å². The Bertz CT molecular complexity index is 477. The first-order valence-electron chi connectivity index (χ1n) is 5.67. The average molecular weight is 259 g/mol. The zero-order valence-corrected chi connectivity index (χ0v) is 10.8. The van der Waals surface area contributed by atoms with E-state index in [-0.39, 0.29) is 17.2 Å². The molecule has 0 saturated heterocycles. The maximum Gasteiger partial charge on any atom is 0.257 e. The van der Waals surface area contributed by atoms with Crippen molar-refractivity contribution in [3.63, 3.8) is 0 Å². The van der Waals surface area contributed by atoms with Crippen LogP contribution >= 0.6 is 0 Å². The molecule has 17 heavy (non-hydrogen) atoms. The van der Waals surface area contributed by atoms with Gasteiger partial charge in [-0.3, -0.25) is 0 Å². The molecular formula is C10H17N3O3S. The van der Waals surface area contributed by atoms with Crippen LogP contribution in [0.25, 0.3) is 0 Å². The van der Waals surface area contributed by atoms with Crippen molar-refractivity contribution < 1.29 is 13.2 Å². The van der Waals surface area contributed by atoms with Gasteiger partial charge in [-0.05, 0) is 26.7 Å². The van der Waals surface area contributed by atoms with Gasteiger partial charge in [0.2, 0.25) is 0 Å². The van der Waals surface area contributed by atoms with Gasteiger partial charge in [0.15, 0.2) is 5.03 Å². The van der Waals surface area contributed by atoms with E-state index in [1.807, 2.05) is 6.92 Å². The SMILES string of the molecule is CCOC1CC(NS(=O)(=O)c2cnc(C)[nH]2)C1. The summed E-state index contributed by atoms with van der Waals surface area (Å²) in [7, 11) is -3.46. The van der Waals surface area contributed by atoms with Crippen LogP contribution < -0.4 is 4.72 Å². The van der Waals surface area contributed by atoms with E-state index in [2.05, 4.69) is 14.7 Å². The minimum absolute atomic E-state index is 0.0276. The van der Waals surface area contributed by atoms with Crippen molar-refractivity contribution in [1.29, 1.82) is 0 Å². The van der Waals surface area contributed by atoms with Gasteiger partial charge in [-0.2, -0.15) is 0 Å². The van der Waals surface area contributed by atoms with Crippen LogP contribution in [-0.2, 0) is 14.8 Å². The molecule has 0 spiro atoms. The second-order valence-electron chi connectivity index (χ2n) is 4.20. The number of ether oxygens (including phenoxy) is 1. The van der Waals surface area contributed by atoms with Gasteiger partial charge in [0.1, 0.15) is 5.82 Å². The van der Waals surface area contributed by atoms with Crippen molar-refractivity contribution >= 4 is 10.0 Å². The van der Waals surface area contributed by atoms with Gasteiger partial charge < -0.3 is 9.72 Å². The summed E-state index contributed by atoms with van der Waals surface area (Å²) in [5.74, 6) is 0.589. The number of sulfonamides is 1. The number of rotatable bonds is 5. The summed E-state index contributed by atoms with van der Waals surface area (Å²) in [5.41, 5.74) is 0. The van der Waals surface area contributed by atoms with Crippen LogP contribution in [0, 0.1) is 6.92 Å². The van der Waals surface area contributed by atoms with E-state index in [0.717, 1.165) is 12.8 Å². The van der Waals surface area contributed by atoms with E-state index in [0.29, 0.717) is 12.4 Å². The molecule has 0 amide bonds. The zero-order chi connectivity index (χ0) is 12.5. The Morgan fingerprint density at radius 3 is 2.82 bits per heavy atom. The molecule has 0 bridgehead atoms. The molecule has 1 fully saturated rings. The van der Waals surface area contributed by atoms with Crippen molar-refractivity contribution in [2.24, 2.45) is 0 Å². The lowest BCUT2D eigenvalue weighted by Crippen LogP contribution is -2.47. The standard InChI is InChI=1S/C10H17N3O3S/c1-3-16-9-4-8(5-9)13-17(14,15)10-6-11-7(2)12-10/h6,8-9,13H,3-5H2,1-2H3,(H,11,12). The van der Waals surface area contributed by atoms with Crippen molar-refractivity contribution in [3.8, 4) is 0 Å². The number of aromatic amines is 1. The number of nitrogens with zero attached hydrogens (tertiary/aromatic N) is 1. The summed E-state index contributed by atoms with van der Waals surface area (Å²) < 4.78 is 31.8. The minimum Gasteiger partial charge on any atom is -0.378 e. The summed E-state index contributed by atoms with van der Waals surface area (Å²) in [6, 6.07) is -0.0276. The first-order chi connectivity index (χ1) is 8.01. The Morgan fingerprint density at radius 2 is 2.29 bits per heavy atom. The molecule has 96 valence electrons. The predicted octanol–water partition coefficient (Wildman–Crippen LogP) is 0.564. The highest BCUT2D eigenvalue weighted by Gasteiger charge is 2.33. The molecule has 1 aliphatic carbocycles. The number of hydrogen-bond donors (Lipinski definition) is 2. The summed E-state index contributed by atoms with van der Waals surface area (Å²) in [5, 5.41) is 0.120. The topological polar surface area (TPSA) is 84.1 Å². The van der Waals surface area contributed by atoms with E-state index >= 15 is 0 Å². The molecule has 1 heterocycles. The zero-order valence-electron chi connectivity index (χ0n) is 9.93. The number of aromatic nitrogens is 2. The number of aryl methyl sites for hydroxylation is 1. The number of hydrogen-bond acceptors (Lipinski definition) is 4. The fourth-order valence-corrected chi connectivity index (χ4v) is 3.08. The van der Waals surface area contributed by atoms with Crippen molar-refractivity contribution in [1.82, 2.24) is 14.7 Å². The molecule has 0 aliphatic heterocycles. The molecule has 0 radical (unpaired) electrons. The molecule has 6 nitrogen and oxygen atoms in total. The predicted molar refractivity (Wildman–Crippen MR) is 62.1 cm³/mol. The Morgan fingerprint density at radius 1 is 1.59 bits per heavy atom. The molecule has 0 aromatic carbocycles. The second-order valence-corrected chi connectivity index (χ2v) is 5.88. The molecule has 1 aromatic rings. The van der Waals surface area contributed by atoms with Crippen LogP contribution in [0.15, 0.2) is 11.2 Å². The molecule has 0 atom stereocenters. The Kier molecular flexibility index (Phi) is 3.50. The highest BCUT2D eigenvalue weighted by molar-refractivity contribution is 7.89. The number of imidazole rings is 1. The van der Waals surface area contributed by atoms with E-state index in [9.17, 15) is 8.42 Å². The maximum atomic E-state index is 11.9. The number of nitrogens with one attached hydrogen (secondary N) is 2. The first kappa shape index (κ1) is 12.5. The molecule has 7 heteroatoms. The van der Waals surface area contributed by atoms with Gasteiger partial charge in [-0.1, -0.05) is 0 Å². The van der Waals surface area contributed by atoms with Gasteiger partial charge in [-0.15, -0.1) is 0 Å². The Balaban J connectivity index is 1.92. The van der Waals surface area contributed by atoms with Crippen LogP contribution in [0.4, 0.5) is 0 Å². The fraction of sp³-hybridized carbons (Fsp3) is 0.700. The van der Waals surface area contributed by atoms with E-state index in [1.54, 1.807) is 6.92 Å². The van der Waals surface area contributed by atoms with Gasteiger partial charge in [0.05, 0.1) is 12.3 Å². The maximum absolute atomic E-state index is 11.9. The quantitative estimate of drug-likeness (QED) is 0.809. The molecule has 2 N–H and O–H groups in total. The third-order valence-corrected chi connectivity index (χ3v) is 4.22. The van der Waals surface area contributed by atoms with Gasteiger partial charge in [0.25, 0.3) is 10.0 Å². The van der Waals surface area contributed by atoms with Crippen LogP contribution in [-0.4, -0.2) is 37.1 Å². The average Bonchev–Trinajstić information content (AvgIpc) is 2.62. The monoisotopic (exact) mass is 259 g/mol. The lowest BCUT2D eigenvalue weighted by molar-refractivity contribution is -0.00477. The lowest BCUT2D eigenvalue weighted by Gasteiger charge is -2.34. The van der Waals surface area contributed by atoms with E-state index in [4.69, 9.17) is 4.74 Å². The van der Waals surface area contributed by atoms with Gasteiger partial charge in [-0.25, -0.2) is 18.1 Å². The molecule has 2 rings (SSSR count). The molecular weight excluding hydrogens is 242 g/mol.